The molecule has 0 bridgehead atoms. The summed E-state index contributed by atoms with van der Waals surface area (Å²) in [5, 5.41) is 0. The Morgan fingerprint density at radius 2 is 0.795 bits per heavy atom. The Bertz CT molecular complexity index is 594. The molecule has 226 valence electrons. The number of allylic oxidation sites excluding steroid dienone is 8. The van der Waals surface area contributed by atoms with E-state index in [1.54, 1.807) is 0 Å². The van der Waals surface area contributed by atoms with Crippen molar-refractivity contribution in [3.63, 3.8) is 0 Å². The molecule has 0 amide bonds. The first-order valence-electron chi connectivity index (χ1n) is 17.4. The lowest BCUT2D eigenvalue weighted by molar-refractivity contribution is -0.119. The van der Waals surface area contributed by atoms with Crippen LogP contribution in [-0.2, 0) is 4.79 Å². The van der Waals surface area contributed by atoms with Gasteiger partial charge in [0.25, 0.3) is 0 Å². The van der Waals surface area contributed by atoms with Crippen LogP contribution in [0.1, 0.15) is 187 Å². The van der Waals surface area contributed by atoms with Gasteiger partial charge in [-0.25, -0.2) is 0 Å². The molecule has 0 saturated heterocycles. The van der Waals surface area contributed by atoms with Crippen LogP contribution in [0.4, 0.5) is 0 Å². The Balaban J connectivity index is 3.34. The maximum atomic E-state index is 12.1. The van der Waals surface area contributed by atoms with Gasteiger partial charge in [-0.2, -0.15) is 0 Å². The Morgan fingerprint density at radius 3 is 1.26 bits per heavy atom. The average molecular weight is 543 g/mol. The van der Waals surface area contributed by atoms with Gasteiger partial charge < -0.3 is 0 Å². The number of Topliss-reactive ketones (excluding diaryl/α,β-unsaturated/α-hetero) is 1. The van der Waals surface area contributed by atoms with Gasteiger partial charge in [-0.15, -0.1) is 0 Å². The molecule has 0 rings (SSSR count). The number of hydrogen-bond donors (Lipinski definition) is 0. The standard InChI is InChI=1S/C38H68O/c1-3-5-7-9-11-13-15-17-19-20-21-23-25-27-29-31-33-35-37-38(39)36-34-32-30-28-26-24-22-18-16-14-12-10-8-6-4-2/h11,13,17,19,21,23,27,29H,3-10,12,14-16,18,20,22,24-26,28,30-37H2,1-2H3/i36+2. The average Bonchev–Trinajstić information content (AvgIpc) is 2.94. The summed E-state index contributed by atoms with van der Waals surface area (Å²) >= 11 is 0. The molecule has 0 unspecified atom stereocenters. The van der Waals surface area contributed by atoms with E-state index >= 15 is 0 Å². The predicted molar refractivity (Wildman–Crippen MR) is 178 cm³/mol. The Morgan fingerprint density at radius 1 is 0.436 bits per heavy atom. The number of unbranched alkanes of at least 4 members (excludes halogenated alkanes) is 19. The highest BCUT2D eigenvalue weighted by Gasteiger charge is 2.01. The van der Waals surface area contributed by atoms with Crippen LogP contribution in [0.15, 0.2) is 48.6 Å². The van der Waals surface area contributed by atoms with Crippen molar-refractivity contribution in [1.82, 2.24) is 0 Å². The molecule has 0 atom stereocenters. The zero-order chi connectivity index (χ0) is 28.3. The first-order valence-corrected chi connectivity index (χ1v) is 17.4. The molecule has 0 fully saturated rings. The van der Waals surface area contributed by atoms with E-state index in [0.29, 0.717) is 5.78 Å². The van der Waals surface area contributed by atoms with E-state index in [1.807, 2.05) is 0 Å². The highest BCUT2D eigenvalue weighted by molar-refractivity contribution is 5.78. The van der Waals surface area contributed by atoms with Crippen LogP contribution in [0.2, 0.25) is 0 Å². The van der Waals surface area contributed by atoms with Crippen LogP contribution in [0, 0.1) is 0 Å². The molecule has 1 nitrogen and oxygen atoms in total. The third kappa shape index (κ3) is 34.6. The normalized spacial score (nSPS) is 12.3. The van der Waals surface area contributed by atoms with Crippen LogP contribution < -0.4 is 0 Å². The molecule has 0 aromatic carbocycles. The highest BCUT2D eigenvalue weighted by Crippen LogP contribution is 2.14. The third-order valence-electron chi connectivity index (χ3n) is 7.59. The summed E-state index contributed by atoms with van der Waals surface area (Å²) in [7, 11) is 0. The van der Waals surface area contributed by atoms with Crippen LogP contribution in [0.3, 0.4) is 0 Å². The number of carbonyl (C=O) groups is 1. The van der Waals surface area contributed by atoms with Crippen molar-refractivity contribution in [2.45, 2.75) is 187 Å². The van der Waals surface area contributed by atoms with Gasteiger partial charge in [-0.1, -0.05) is 165 Å². The first-order chi connectivity index (χ1) is 19.3. The molecule has 39 heavy (non-hydrogen) atoms. The minimum absolute atomic E-state index is 0.483. The van der Waals surface area contributed by atoms with E-state index in [4.69, 9.17) is 0 Å². The molecule has 0 aliphatic rings. The molecule has 0 aliphatic heterocycles. The van der Waals surface area contributed by atoms with Gasteiger partial charge >= 0.3 is 0 Å². The SMILES string of the molecule is CCCCCC=CCC=CCC=CCC=CCCCCC(=O)[14CH2]CCCCCCCCCCCCCCCC. The molecule has 0 aromatic heterocycles. The number of hydrogen-bond acceptors (Lipinski definition) is 1. The Hall–Kier alpha value is -1.37. The zero-order valence-electron chi connectivity index (χ0n) is 26.6. The Labute approximate surface area is 246 Å². The van der Waals surface area contributed by atoms with Gasteiger partial charge in [0, 0.05) is 12.8 Å². The maximum absolute atomic E-state index is 12.1. The van der Waals surface area contributed by atoms with Crippen molar-refractivity contribution < 1.29 is 4.79 Å². The van der Waals surface area contributed by atoms with E-state index in [1.165, 1.54) is 116 Å². The second-order valence-corrected chi connectivity index (χ2v) is 11.6. The van der Waals surface area contributed by atoms with Crippen LogP contribution in [-0.4, -0.2) is 5.78 Å². The summed E-state index contributed by atoms with van der Waals surface area (Å²) in [4.78, 5) is 12.1. The summed E-state index contributed by atoms with van der Waals surface area (Å²) in [6.45, 7) is 4.54. The van der Waals surface area contributed by atoms with Gasteiger partial charge in [0.1, 0.15) is 5.78 Å². The second-order valence-electron chi connectivity index (χ2n) is 11.6. The van der Waals surface area contributed by atoms with Crippen LogP contribution in [0.25, 0.3) is 0 Å². The number of ketones is 1. The lowest BCUT2D eigenvalue weighted by atomic mass is 10.0. The van der Waals surface area contributed by atoms with Gasteiger partial charge in [0.05, 0.1) is 0 Å². The van der Waals surface area contributed by atoms with Crippen molar-refractivity contribution in [3.05, 3.63) is 48.6 Å². The van der Waals surface area contributed by atoms with Crippen molar-refractivity contribution in [2.24, 2.45) is 0 Å². The van der Waals surface area contributed by atoms with Crippen molar-refractivity contribution >= 4 is 5.78 Å². The first kappa shape index (κ1) is 37.6. The Kier molecular flexibility index (Phi) is 33.4. The zero-order valence-corrected chi connectivity index (χ0v) is 26.6. The maximum Gasteiger partial charge on any atom is 0.132 e. The molecule has 0 N–H and O–H groups in total. The molecule has 0 saturated carbocycles. The van der Waals surface area contributed by atoms with Gasteiger partial charge in [-0.3, -0.25) is 4.79 Å². The fourth-order valence-electron chi connectivity index (χ4n) is 4.96. The summed E-state index contributed by atoms with van der Waals surface area (Å²) in [6, 6.07) is 0. The van der Waals surface area contributed by atoms with E-state index in [-0.39, 0.29) is 0 Å². The molecular formula is C38H68O. The molecule has 1 heteroatoms. The summed E-state index contributed by atoms with van der Waals surface area (Å²) < 4.78 is 0. The molecule has 0 aliphatic carbocycles. The van der Waals surface area contributed by atoms with Crippen molar-refractivity contribution in [3.8, 4) is 0 Å². The van der Waals surface area contributed by atoms with Crippen molar-refractivity contribution in [1.29, 1.82) is 0 Å². The van der Waals surface area contributed by atoms with Crippen molar-refractivity contribution in [2.75, 3.05) is 0 Å². The molecule has 0 spiro atoms. The quantitative estimate of drug-likeness (QED) is 0.0628. The van der Waals surface area contributed by atoms with Crippen LogP contribution >= 0.6 is 0 Å². The van der Waals surface area contributed by atoms with E-state index in [9.17, 15) is 4.79 Å². The minimum atomic E-state index is 0.483. The summed E-state index contributed by atoms with van der Waals surface area (Å²) in [6.07, 6.45) is 52.0. The summed E-state index contributed by atoms with van der Waals surface area (Å²) in [5.74, 6) is 0.483. The van der Waals surface area contributed by atoms with E-state index < -0.39 is 0 Å². The smallest absolute Gasteiger partial charge is 0.132 e. The lowest BCUT2D eigenvalue weighted by Gasteiger charge is -2.03. The molecule has 0 aromatic rings. The lowest BCUT2D eigenvalue weighted by Crippen LogP contribution is -1.97. The number of rotatable bonds is 31. The topological polar surface area (TPSA) is 17.1 Å². The summed E-state index contributed by atoms with van der Waals surface area (Å²) in [5.41, 5.74) is 0. The second kappa shape index (κ2) is 34.7. The van der Waals surface area contributed by atoms with Crippen LogP contribution in [0.5, 0.6) is 0 Å². The third-order valence-corrected chi connectivity index (χ3v) is 7.59. The fraction of sp³-hybridized carbons (Fsp3) is 0.763. The largest absolute Gasteiger partial charge is 0.300 e. The predicted octanol–water partition coefficient (Wildman–Crippen LogP) is 13.4. The molecular weight excluding hydrogens is 474 g/mol. The molecule has 0 radical (unpaired) electrons. The van der Waals surface area contributed by atoms with Gasteiger partial charge in [0.2, 0.25) is 0 Å². The minimum Gasteiger partial charge on any atom is -0.300 e. The van der Waals surface area contributed by atoms with E-state index in [0.717, 1.165) is 57.8 Å². The van der Waals surface area contributed by atoms with Gasteiger partial charge in [-0.05, 0) is 57.8 Å². The van der Waals surface area contributed by atoms with Gasteiger partial charge in [0.15, 0.2) is 0 Å². The highest BCUT2D eigenvalue weighted by atomic mass is 16.1. The monoisotopic (exact) mass is 543 g/mol. The fourth-order valence-corrected chi connectivity index (χ4v) is 4.96. The van der Waals surface area contributed by atoms with E-state index in [2.05, 4.69) is 62.5 Å². The molecule has 0 heterocycles. The number of carbonyl (C=O) groups excluding carboxylic acids is 1.